The molecule has 0 radical (unpaired) electrons. The van der Waals surface area contributed by atoms with Crippen molar-refractivity contribution in [3.05, 3.63) is 29.6 Å². The van der Waals surface area contributed by atoms with Crippen molar-refractivity contribution in [1.82, 2.24) is 4.72 Å². The SMILES string of the molecule is CC[C@H](C)[C@H](NS(=O)(=O)c1ccc(F)c(F)c1F)C(=O)O. The minimum Gasteiger partial charge on any atom is -0.480 e. The molecule has 0 aliphatic heterocycles. The Bertz CT molecular complexity index is 648. The Kier molecular flexibility index (Phi) is 5.35. The zero-order valence-corrected chi connectivity index (χ0v) is 12.0. The molecule has 0 unspecified atom stereocenters. The smallest absolute Gasteiger partial charge is 0.322 e. The van der Waals surface area contributed by atoms with E-state index >= 15 is 0 Å². The van der Waals surface area contributed by atoms with Crippen molar-refractivity contribution in [1.29, 1.82) is 0 Å². The predicted molar refractivity (Wildman–Crippen MR) is 67.5 cm³/mol. The highest BCUT2D eigenvalue weighted by Gasteiger charge is 2.32. The van der Waals surface area contributed by atoms with Crippen LogP contribution in [0.5, 0.6) is 0 Å². The lowest BCUT2D eigenvalue weighted by atomic mass is 10.0. The molecular weight excluding hydrogens is 311 g/mol. The van der Waals surface area contributed by atoms with Crippen molar-refractivity contribution in [3.63, 3.8) is 0 Å². The van der Waals surface area contributed by atoms with E-state index in [1.807, 2.05) is 0 Å². The van der Waals surface area contributed by atoms with Crippen molar-refractivity contribution in [2.45, 2.75) is 31.2 Å². The van der Waals surface area contributed by atoms with E-state index < -0.39 is 50.3 Å². The third-order valence-electron chi connectivity index (χ3n) is 3.05. The van der Waals surface area contributed by atoms with Crippen molar-refractivity contribution in [3.8, 4) is 0 Å². The number of rotatable bonds is 6. The van der Waals surface area contributed by atoms with Gasteiger partial charge in [0.15, 0.2) is 17.5 Å². The number of hydrogen-bond acceptors (Lipinski definition) is 3. The van der Waals surface area contributed by atoms with Crippen LogP contribution in [0.25, 0.3) is 0 Å². The Balaban J connectivity index is 3.23. The molecule has 0 saturated heterocycles. The van der Waals surface area contributed by atoms with Gasteiger partial charge in [-0.15, -0.1) is 0 Å². The summed E-state index contributed by atoms with van der Waals surface area (Å²) in [7, 11) is -4.64. The first-order valence-electron chi connectivity index (χ1n) is 6.00. The zero-order valence-electron chi connectivity index (χ0n) is 11.2. The summed E-state index contributed by atoms with van der Waals surface area (Å²) in [6.07, 6.45) is 0.347. The van der Waals surface area contributed by atoms with Crippen LogP contribution in [-0.2, 0) is 14.8 Å². The molecule has 0 saturated carbocycles. The molecule has 0 bridgehead atoms. The van der Waals surface area contributed by atoms with Crippen LogP contribution in [0.15, 0.2) is 17.0 Å². The molecule has 0 spiro atoms. The first-order chi connectivity index (χ1) is 9.61. The van der Waals surface area contributed by atoms with Crippen molar-refractivity contribution in [2.75, 3.05) is 0 Å². The summed E-state index contributed by atoms with van der Waals surface area (Å²) in [5, 5.41) is 9.00. The third-order valence-corrected chi connectivity index (χ3v) is 4.51. The molecule has 118 valence electrons. The number of carboxylic acid groups (broad SMARTS) is 1. The van der Waals surface area contributed by atoms with E-state index in [9.17, 15) is 26.4 Å². The van der Waals surface area contributed by atoms with Crippen LogP contribution < -0.4 is 4.72 Å². The Hall–Kier alpha value is -1.61. The average Bonchev–Trinajstić information content (AvgIpc) is 2.40. The van der Waals surface area contributed by atoms with Gasteiger partial charge < -0.3 is 5.11 Å². The molecule has 1 aromatic rings. The van der Waals surface area contributed by atoms with E-state index in [0.29, 0.717) is 18.6 Å². The largest absolute Gasteiger partial charge is 0.480 e. The van der Waals surface area contributed by atoms with Gasteiger partial charge in [0, 0.05) is 0 Å². The second-order valence-corrected chi connectivity index (χ2v) is 6.18. The van der Waals surface area contributed by atoms with E-state index in [1.54, 1.807) is 11.6 Å². The fraction of sp³-hybridized carbons (Fsp3) is 0.417. The third kappa shape index (κ3) is 3.73. The number of carbonyl (C=O) groups is 1. The second-order valence-electron chi connectivity index (χ2n) is 4.50. The highest BCUT2D eigenvalue weighted by atomic mass is 32.2. The van der Waals surface area contributed by atoms with Crippen LogP contribution in [0.2, 0.25) is 0 Å². The van der Waals surface area contributed by atoms with E-state index in [0.717, 1.165) is 0 Å². The second kappa shape index (κ2) is 6.44. The molecular formula is C12H14F3NO4S. The summed E-state index contributed by atoms with van der Waals surface area (Å²) in [6, 6.07) is -0.523. The maximum atomic E-state index is 13.5. The molecule has 1 rings (SSSR count). The zero-order chi connectivity index (χ0) is 16.4. The molecule has 0 aliphatic carbocycles. The van der Waals surface area contributed by atoms with Crippen LogP contribution in [0, 0.1) is 23.4 Å². The monoisotopic (exact) mass is 325 g/mol. The first-order valence-corrected chi connectivity index (χ1v) is 7.48. The molecule has 0 aliphatic rings. The fourth-order valence-corrected chi connectivity index (χ4v) is 2.96. The molecule has 2 atom stereocenters. The number of nitrogens with one attached hydrogen (secondary N) is 1. The molecule has 0 aromatic heterocycles. The topological polar surface area (TPSA) is 83.5 Å². The molecule has 1 aromatic carbocycles. The molecule has 0 amide bonds. The van der Waals surface area contributed by atoms with Gasteiger partial charge in [-0.2, -0.15) is 4.72 Å². The van der Waals surface area contributed by atoms with Gasteiger partial charge >= 0.3 is 5.97 Å². The maximum absolute atomic E-state index is 13.5. The Morgan fingerprint density at radius 1 is 1.29 bits per heavy atom. The van der Waals surface area contributed by atoms with Gasteiger partial charge in [0.1, 0.15) is 10.9 Å². The summed E-state index contributed by atoms with van der Waals surface area (Å²) in [6.45, 7) is 3.13. The van der Waals surface area contributed by atoms with Gasteiger partial charge in [0.2, 0.25) is 10.0 Å². The van der Waals surface area contributed by atoms with Gasteiger partial charge in [-0.1, -0.05) is 20.3 Å². The van der Waals surface area contributed by atoms with Gasteiger partial charge in [-0.3, -0.25) is 4.79 Å². The molecule has 2 N–H and O–H groups in total. The van der Waals surface area contributed by atoms with Crippen molar-refractivity contribution >= 4 is 16.0 Å². The standard InChI is InChI=1S/C12H14F3NO4S/c1-3-6(2)11(12(17)18)16-21(19,20)8-5-4-7(13)9(14)10(8)15/h4-6,11,16H,3H2,1-2H3,(H,17,18)/t6-,11-/m0/s1. The molecule has 21 heavy (non-hydrogen) atoms. The average molecular weight is 325 g/mol. The summed E-state index contributed by atoms with van der Waals surface area (Å²) in [4.78, 5) is 9.92. The van der Waals surface area contributed by atoms with Gasteiger partial charge in [0.05, 0.1) is 0 Å². The first kappa shape index (κ1) is 17.4. The fourth-order valence-electron chi connectivity index (χ4n) is 1.59. The van der Waals surface area contributed by atoms with Crippen LogP contribution in [0.1, 0.15) is 20.3 Å². The van der Waals surface area contributed by atoms with E-state index in [4.69, 9.17) is 5.11 Å². The molecule has 0 heterocycles. The molecule has 0 fully saturated rings. The lowest BCUT2D eigenvalue weighted by Crippen LogP contribution is -2.45. The number of hydrogen-bond donors (Lipinski definition) is 2. The lowest BCUT2D eigenvalue weighted by Gasteiger charge is -2.20. The minimum absolute atomic E-state index is 0.347. The number of sulfonamides is 1. The number of halogens is 3. The van der Waals surface area contributed by atoms with Crippen molar-refractivity contribution in [2.24, 2.45) is 5.92 Å². The Morgan fingerprint density at radius 2 is 1.86 bits per heavy atom. The van der Waals surface area contributed by atoms with E-state index in [-0.39, 0.29) is 0 Å². The predicted octanol–water partition coefficient (Wildman–Crippen LogP) is 1.88. The minimum atomic E-state index is -4.64. The van der Waals surface area contributed by atoms with Gasteiger partial charge in [0.25, 0.3) is 0 Å². The summed E-state index contributed by atoms with van der Waals surface area (Å²) >= 11 is 0. The Morgan fingerprint density at radius 3 is 2.33 bits per heavy atom. The van der Waals surface area contributed by atoms with Crippen LogP contribution in [0.3, 0.4) is 0 Å². The summed E-state index contributed by atoms with van der Waals surface area (Å²) in [5.41, 5.74) is 0. The van der Waals surface area contributed by atoms with Crippen LogP contribution >= 0.6 is 0 Å². The highest BCUT2D eigenvalue weighted by molar-refractivity contribution is 7.89. The van der Waals surface area contributed by atoms with Crippen LogP contribution in [0.4, 0.5) is 13.2 Å². The number of aliphatic carboxylic acids is 1. The molecule has 9 heteroatoms. The summed E-state index contributed by atoms with van der Waals surface area (Å²) < 4.78 is 65.1. The highest BCUT2D eigenvalue weighted by Crippen LogP contribution is 2.21. The maximum Gasteiger partial charge on any atom is 0.322 e. The molecule has 5 nitrogen and oxygen atoms in total. The number of carboxylic acids is 1. The van der Waals surface area contributed by atoms with Crippen LogP contribution in [-0.4, -0.2) is 25.5 Å². The van der Waals surface area contributed by atoms with Crippen molar-refractivity contribution < 1.29 is 31.5 Å². The lowest BCUT2D eigenvalue weighted by molar-refractivity contribution is -0.140. The normalized spacial score (nSPS) is 14.7. The van der Waals surface area contributed by atoms with E-state index in [1.165, 1.54) is 6.92 Å². The van der Waals surface area contributed by atoms with Gasteiger partial charge in [-0.25, -0.2) is 21.6 Å². The number of benzene rings is 1. The van der Waals surface area contributed by atoms with E-state index in [2.05, 4.69) is 0 Å². The quantitative estimate of drug-likeness (QED) is 0.782. The summed E-state index contributed by atoms with van der Waals surface area (Å²) in [5.74, 6) is -7.39. The van der Waals surface area contributed by atoms with Gasteiger partial charge in [-0.05, 0) is 18.1 Å². The Labute approximate surface area is 119 Å².